The Morgan fingerprint density at radius 3 is 2.29 bits per heavy atom. The fourth-order valence-corrected chi connectivity index (χ4v) is 10.8. The molecule has 3 fully saturated rings. The Morgan fingerprint density at radius 1 is 0.971 bits per heavy atom. The number of hydrogen-bond donors (Lipinski definition) is 0. The second-order valence-corrected chi connectivity index (χ2v) is 16.4. The number of sulfonamides is 1. The lowest BCUT2D eigenvalue weighted by atomic mass is 10.1. The Kier molecular flexibility index (Phi) is 6.42. The number of rotatable bonds is 5. The van der Waals surface area contributed by atoms with Crippen molar-refractivity contribution >= 4 is 55.9 Å². The van der Waals surface area contributed by atoms with Crippen LogP contribution in [-0.4, -0.2) is 57.2 Å². The molecule has 9 heteroatoms. The van der Waals surface area contributed by atoms with Crippen molar-refractivity contribution < 1.29 is 8.42 Å². The maximum atomic E-state index is 12.7. The van der Waals surface area contributed by atoms with Crippen LogP contribution in [0.4, 0.5) is 17.1 Å². The minimum absolute atomic E-state index is 0.0897. The Balaban J connectivity index is 1.35. The molecule has 4 aliphatic rings. The molecule has 0 bridgehead atoms. The van der Waals surface area contributed by atoms with Crippen molar-refractivity contribution in [1.82, 2.24) is 4.31 Å². The Hall–Kier alpha value is -1.17. The Labute approximate surface area is 223 Å². The summed E-state index contributed by atoms with van der Waals surface area (Å²) >= 11 is 2.63. The molecule has 1 aliphatic carbocycles. The van der Waals surface area contributed by atoms with Gasteiger partial charge < -0.3 is 9.80 Å². The summed E-state index contributed by atoms with van der Waals surface area (Å²) in [6, 6.07) is 9.33. The van der Waals surface area contributed by atoms with E-state index in [0.717, 1.165) is 51.1 Å². The molecular formula is C26H33IN4O2S2. The lowest BCUT2D eigenvalue weighted by molar-refractivity contribution is 0.384. The Bertz CT molecular complexity index is 1410. The molecule has 1 saturated carbocycles. The molecule has 0 N–H and O–H groups in total. The first kappa shape index (κ1) is 24.2. The third-order valence-electron chi connectivity index (χ3n) is 7.76. The smallest absolute Gasteiger partial charge is 0.217 e. The Morgan fingerprint density at radius 2 is 1.63 bits per heavy atom. The monoisotopic (exact) mass is 624 g/mol. The van der Waals surface area contributed by atoms with Gasteiger partial charge in [-0.15, -0.1) is 0 Å². The summed E-state index contributed by atoms with van der Waals surface area (Å²) in [6.45, 7) is 9.35. The largest absolute Gasteiger partial charge is 0.371 e. The van der Waals surface area contributed by atoms with Gasteiger partial charge in [0, 0.05) is 60.0 Å². The highest BCUT2D eigenvalue weighted by Crippen LogP contribution is 2.48. The van der Waals surface area contributed by atoms with E-state index in [2.05, 4.69) is 69.1 Å². The van der Waals surface area contributed by atoms with Crippen LogP contribution in [0.1, 0.15) is 43.7 Å². The number of nitrogens with zero attached hydrogens (tertiary/aromatic N) is 4. The molecule has 2 saturated heterocycles. The van der Waals surface area contributed by atoms with Crippen molar-refractivity contribution in [2.24, 2.45) is 4.99 Å². The van der Waals surface area contributed by atoms with Crippen LogP contribution in [0, 0.1) is 11.4 Å². The minimum Gasteiger partial charge on any atom is -0.371 e. The molecule has 2 aromatic carbocycles. The normalized spacial score (nSPS) is 22.7. The van der Waals surface area contributed by atoms with Gasteiger partial charge in [0.25, 0.3) is 0 Å². The highest BCUT2D eigenvalue weighted by Gasteiger charge is 2.41. The van der Waals surface area contributed by atoms with E-state index in [1.54, 1.807) is 4.31 Å². The van der Waals surface area contributed by atoms with Crippen LogP contribution in [0.2, 0.25) is 0 Å². The van der Waals surface area contributed by atoms with Crippen molar-refractivity contribution in [3.05, 3.63) is 45.3 Å². The number of fused-ring (bicyclic) bond motifs is 2. The van der Waals surface area contributed by atoms with E-state index in [4.69, 9.17) is 4.99 Å². The summed E-state index contributed by atoms with van der Waals surface area (Å²) in [5, 5.41) is 1.05. The quantitative estimate of drug-likeness (QED) is 0.349. The zero-order chi connectivity index (χ0) is 24.3. The van der Waals surface area contributed by atoms with Crippen LogP contribution < -0.4 is 15.2 Å². The molecule has 2 aromatic rings. The number of anilines is 2. The van der Waals surface area contributed by atoms with Gasteiger partial charge in [0.15, 0.2) is 0 Å². The number of piperazine rings is 1. The molecule has 6 rings (SSSR count). The number of hydrogen-bond acceptors (Lipinski definition) is 5. The van der Waals surface area contributed by atoms with Gasteiger partial charge in [-0.25, -0.2) is 13.4 Å². The summed E-state index contributed by atoms with van der Waals surface area (Å²) < 4.78 is 28.4. The van der Waals surface area contributed by atoms with Crippen LogP contribution in [0.15, 0.2) is 34.2 Å². The van der Waals surface area contributed by atoms with E-state index in [1.165, 1.54) is 50.1 Å². The van der Waals surface area contributed by atoms with Crippen molar-refractivity contribution in [3.63, 3.8) is 0 Å². The van der Waals surface area contributed by atoms with Crippen LogP contribution in [-0.2, 0) is 16.4 Å². The summed E-state index contributed by atoms with van der Waals surface area (Å²) in [6.07, 6.45) is 5.20. The topological polar surface area (TPSA) is 56.2 Å². The van der Waals surface area contributed by atoms with Crippen LogP contribution >= 0.6 is 28.9 Å². The molecular weight excluding hydrogens is 591 g/mol. The standard InChI is InChI=1S/C26H33IN4O2S2/c1-3-19-15-21(29-8-4-5-9-29)17-24-26(19)28-25-18(2)14-20(16-23(25)34(24)27)30-10-12-31(13-11-30)35(32,33)22-6-7-22/h14-17,22H,3-13H2,1-2H3. The molecule has 1 unspecified atom stereocenters. The summed E-state index contributed by atoms with van der Waals surface area (Å²) in [4.78, 5) is 11.4. The predicted molar refractivity (Wildman–Crippen MR) is 154 cm³/mol. The first-order chi connectivity index (χ1) is 16.9. The molecule has 3 heterocycles. The van der Waals surface area contributed by atoms with Gasteiger partial charge in [-0.3, -0.25) is 0 Å². The van der Waals surface area contributed by atoms with Gasteiger partial charge in [-0.05, 0) is 95.6 Å². The molecule has 35 heavy (non-hydrogen) atoms. The molecule has 1 atom stereocenters. The zero-order valence-electron chi connectivity index (χ0n) is 20.5. The zero-order valence-corrected chi connectivity index (χ0v) is 24.3. The van der Waals surface area contributed by atoms with Gasteiger partial charge >= 0.3 is 0 Å². The van der Waals surface area contributed by atoms with Gasteiger partial charge in [-0.2, -0.15) is 4.31 Å². The van der Waals surface area contributed by atoms with Crippen molar-refractivity contribution in [1.29, 1.82) is 0 Å². The van der Waals surface area contributed by atoms with Gasteiger partial charge in [0.2, 0.25) is 10.0 Å². The van der Waals surface area contributed by atoms with Gasteiger partial charge in [0.05, 0.1) is 16.3 Å². The van der Waals surface area contributed by atoms with E-state index in [0.29, 0.717) is 13.1 Å². The fourth-order valence-electron chi connectivity index (χ4n) is 5.54. The van der Waals surface area contributed by atoms with Crippen LogP contribution in [0.3, 0.4) is 0 Å². The van der Waals surface area contributed by atoms with E-state index in [9.17, 15) is 8.42 Å². The minimum atomic E-state index is -3.09. The molecule has 0 radical (unpaired) electrons. The molecule has 188 valence electrons. The average molecular weight is 625 g/mol. The molecule has 0 aromatic heterocycles. The van der Waals surface area contributed by atoms with Gasteiger partial charge in [-0.1, -0.05) is 14.6 Å². The van der Waals surface area contributed by atoms with E-state index >= 15 is 0 Å². The lowest BCUT2D eigenvalue weighted by Gasteiger charge is -2.36. The molecule has 6 nitrogen and oxygen atoms in total. The van der Waals surface area contributed by atoms with Crippen molar-refractivity contribution in [3.8, 4) is 0 Å². The highest BCUT2D eigenvalue weighted by molar-refractivity contribution is 14.2. The predicted octanol–water partition coefficient (Wildman–Crippen LogP) is 4.97. The summed E-state index contributed by atoms with van der Waals surface area (Å²) in [7, 11) is -3.18. The van der Waals surface area contributed by atoms with E-state index in [1.807, 2.05) is 0 Å². The van der Waals surface area contributed by atoms with Crippen LogP contribution in [0.5, 0.6) is 0 Å². The molecule has 0 spiro atoms. The second-order valence-electron chi connectivity index (χ2n) is 10.1. The van der Waals surface area contributed by atoms with E-state index in [-0.39, 0.29) is 12.9 Å². The molecule has 0 amide bonds. The first-order valence-electron chi connectivity index (χ1n) is 12.8. The fraction of sp³-hybridized carbons (Fsp3) is 0.538. The summed E-state index contributed by atoms with van der Waals surface area (Å²) in [5.74, 6) is 0. The SMILES string of the molecule is CCc1cc(N2CCCC2)cc2c1=Nc1c(C)cc(N3CCN(S(=O)(=O)C4CC4)CC3)cc1S=2I. The summed E-state index contributed by atoms with van der Waals surface area (Å²) in [5.41, 5.74) is 6.23. The van der Waals surface area contributed by atoms with E-state index < -0.39 is 10.0 Å². The second kappa shape index (κ2) is 9.29. The van der Waals surface area contributed by atoms with Crippen molar-refractivity contribution in [2.45, 2.75) is 56.1 Å². The maximum Gasteiger partial charge on any atom is 0.217 e. The third kappa shape index (κ3) is 4.34. The lowest BCUT2D eigenvalue weighted by Crippen LogP contribution is -2.49. The third-order valence-corrected chi connectivity index (χ3v) is 14.4. The first-order valence-corrected chi connectivity index (χ1v) is 18.1. The number of halogens is 1. The highest BCUT2D eigenvalue weighted by atomic mass is 127. The average Bonchev–Trinajstić information content (AvgIpc) is 3.60. The number of benzene rings is 2. The van der Waals surface area contributed by atoms with Crippen LogP contribution in [0.25, 0.3) is 0 Å². The molecule has 3 aliphatic heterocycles. The van der Waals surface area contributed by atoms with Crippen molar-refractivity contribution in [2.75, 3.05) is 49.1 Å². The maximum absolute atomic E-state index is 12.7. The number of aryl methyl sites for hydroxylation is 2. The van der Waals surface area contributed by atoms with Gasteiger partial charge in [0.1, 0.15) is 0 Å².